The van der Waals surface area contributed by atoms with E-state index >= 15 is 4.39 Å². The van der Waals surface area contributed by atoms with Gasteiger partial charge in [-0.2, -0.15) is 5.26 Å². The molecule has 1 heterocycles. The van der Waals surface area contributed by atoms with Crippen molar-refractivity contribution < 1.29 is 9.18 Å². The summed E-state index contributed by atoms with van der Waals surface area (Å²) < 4.78 is 17.4. The van der Waals surface area contributed by atoms with Gasteiger partial charge in [-0.15, -0.1) is 4.91 Å². The molecule has 5 nitrogen and oxygen atoms in total. The van der Waals surface area contributed by atoms with E-state index in [1.807, 2.05) is 80.6 Å². The second kappa shape index (κ2) is 12.2. The molecule has 0 saturated heterocycles. The third kappa shape index (κ3) is 5.66. The van der Waals surface area contributed by atoms with Gasteiger partial charge in [-0.1, -0.05) is 71.3 Å². The Hall–Kier alpha value is -5.03. The van der Waals surface area contributed by atoms with Gasteiger partial charge in [0.15, 0.2) is 0 Å². The predicted octanol–water partition coefficient (Wildman–Crippen LogP) is 10.7. The molecule has 0 spiro atoms. The minimum absolute atomic E-state index is 0.104. The number of carbonyl (C=O) groups excluding carboxylic acids is 1. The first-order chi connectivity index (χ1) is 21.7. The minimum atomic E-state index is -0.895. The topological polar surface area (TPSA) is 75.2 Å². The first kappa shape index (κ1) is 30.0. The average Bonchev–Trinajstić information content (AvgIpc) is 3.34. The Morgan fingerprint density at radius 2 is 1.60 bits per heavy atom. The van der Waals surface area contributed by atoms with Crippen LogP contribution in [0.2, 0.25) is 5.02 Å². The van der Waals surface area contributed by atoms with E-state index in [4.69, 9.17) is 11.6 Å². The standard InChI is InChI=1S/C37H25ClFN3O2S/c1-21-8-12-28(13-9-21)45-42-34-16-23(3)33(39)19-31(34)35(30-15-22(2)7-10-27(30)20-40)36(42)25-6-4-5-24(17-25)29-14-11-26(18-32(29)38)37(43)41-44/h4-19H,1-3H3. The normalized spacial score (nSPS) is 11.0. The Morgan fingerprint density at radius 1 is 0.867 bits per heavy atom. The summed E-state index contributed by atoms with van der Waals surface area (Å²) in [5, 5.41) is 13.6. The van der Waals surface area contributed by atoms with Crippen molar-refractivity contribution in [1.29, 1.82) is 5.26 Å². The highest BCUT2D eigenvalue weighted by Crippen LogP contribution is 2.47. The van der Waals surface area contributed by atoms with Crippen molar-refractivity contribution >= 4 is 40.4 Å². The molecule has 0 aliphatic heterocycles. The van der Waals surface area contributed by atoms with E-state index in [0.717, 1.165) is 43.9 Å². The van der Waals surface area contributed by atoms with E-state index in [0.29, 0.717) is 32.7 Å². The van der Waals surface area contributed by atoms with Gasteiger partial charge in [0.05, 0.1) is 22.8 Å². The monoisotopic (exact) mass is 629 g/mol. The summed E-state index contributed by atoms with van der Waals surface area (Å²) in [6.07, 6.45) is 0. The molecule has 45 heavy (non-hydrogen) atoms. The highest BCUT2D eigenvalue weighted by atomic mass is 35.5. The van der Waals surface area contributed by atoms with Crippen molar-refractivity contribution in [3.8, 4) is 39.6 Å². The van der Waals surface area contributed by atoms with E-state index in [-0.39, 0.29) is 11.4 Å². The zero-order valence-corrected chi connectivity index (χ0v) is 26.1. The second-order valence-corrected chi connectivity index (χ2v) is 12.3. The number of amides is 1. The molecule has 1 aromatic heterocycles. The fourth-order valence-corrected chi connectivity index (χ4v) is 6.74. The zero-order valence-electron chi connectivity index (χ0n) is 24.6. The molecule has 5 aromatic carbocycles. The maximum Gasteiger partial charge on any atom is 0.316 e. The van der Waals surface area contributed by atoms with Crippen LogP contribution in [0.25, 0.3) is 44.4 Å². The highest BCUT2D eigenvalue weighted by molar-refractivity contribution is 7.98. The fraction of sp³-hybridized carbons (Fsp3) is 0.0811. The quantitative estimate of drug-likeness (QED) is 0.172. The first-order valence-corrected chi connectivity index (χ1v) is 15.2. The molecule has 0 saturated carbocycles. The lowest BCUT2D eigenvalue weighted by Gasteiger charge is -2.15. The summed E-state index contributed by atoms with van der Waals surface area (Å²) in [6, 6.07) is 32.0. The molecule has 6 rings (SSSR count). The Labute approximate surface area is 269 Å². The number of benzene rings is 5. The average molecular weight is 630 g/mol. The molecule has 0 fully saturated rings. The van der Waals surface area contributed by atoms with Gasteiger partial charge in [-0.25, -0.2) is 4.39 Å². The fourth-order valence-electron chi connectivity index (χ4n) is 5.45. The van der Waals surface area contributed by atoms with Crippen LogP contribution in [0, 0.1) is 42.8 Å². The van der Waals surface area contributed by atoms with Crippen molar-refractivity contribution in [2.24, 2.45) is 5.18 Å². The minimum Gasteiger partial charge on any atom is -0.279 e. The van der Waals surface area contributed by atoms with Crippen LogP contribution in [-0.4, -0.2) is 9.88 Å². The van der Waals surface area contributed by atoms with Crippen LogP contribution in [0.5, 0.6) is 0 Å². The Bertz CT molecular complexity index is 2200. The van der Waals surface area contributed by atoms with Crippen LogP contribution in [0.3, 0.4) is 0 Å². The zero-order chi connectivity index (χ0) is 31.8. The van der Waals surface area contributed by atoms with Gasteiger partial charge in [0.25, 0.3) is 0 Å². The number of fused-ring (bicyclic) bond motifs is 1. The molecule has 220 valence electrons. The Balaban J connectivity index is 1.68. The van der Waals surface area contributed by atoms with Crippen LogP contribution in [0.1, 0.15) is 32.6 Å². The molecule has 0 radical (unpaired) electrons. The molecule has 0 N–H and O–H groups in total. The number of hydrogen-bond acceptors (Lipinski definition) is 4. The van der Waals surface area contributed by atoms with Crippen LogP contribution >= 0.6 is 23.5 Å². The SMILES string of the molecule is Cc1ccc(Sn2c(-c3cccc(-c4ccc(C(=O)N=O)cc4Cl)c3)c(-c3cc(C)ccc3C#N)c3cc(F)c(C)cc32)cc1. The van der Waals surface area contributed by atoms with Crippen molar-refractivity contribution in [2.45, 2.75) is 25.7 Å². The number of nitroso groups, excluding NO2 is 1. The van der Waals surface area contributed by atoms with E-state index < -0.39 is 5.91 Å². The van der Waals surface area contributed by atoms with Crippen LogP contribution in [0.4, 0.5) is 4.39 Å². The third-order valence-corrected chi connectivity index (χ3v) is 9.09. The van der Waals surface area contributed by atoms with E-state index in [1.165, 1.54) is 24.1 Å². The van der Waals surface area contributed by atoms with Gasteiger partial charge < -0.3 is 0 Å². The maximum absolute atomic E-state index is 15.3. The lowest BCUT2D eigenvalue weighted by Crippen LogP contribution is -1.95. The van der Waals surface area contributed by atoms with Gasteiger partial charge in [0.2, 0.25) is 0 Å². The number of aryl methyl sites for hydroxylation is 3. The molecular weight excluding hydrogens is 605 g/mol. The number of halogens is 2. The summed E-state index contributed by atoms with van der Waals surface area (Å²) >= 11 is 8.13. The number of rotatable bonds is 6. The van der Waals surface area contributed by atoms with Crippen molar-refractivity contribution in [3.63, 3.8) is 0 Å². The maximum atomic E-state index is 15.3. The van der Waals surface area contributed by atoms with Gasteiger partial charge in [-0.05, 0) is 92.4 Å². The highest BCUT2D eigenvalue weighted by Gasteiger charge is 2.25. The molecule has 0 aliphatic carbocycles. The van der Waals surface area contributed by atoms with Crippen molar-refractivity contribution in [1.82, 2.24) is 3.97 Å². The smallest absolute Gasteiger partial charge is 0.279 e. The van der Waals surface area contributed by atoms with Crippen LogP contribution < -0.4 is 0 Å². The Morgan fingerprint density at radius 3 is 2.31 bits per heavy atom. The number of hydrogen-bond donors (Lipinski definition) is 0. The Kier molecular flexibility index (Phi) is 8.11. The molecular formula is C37H25ClFN3O2S. The van der Waals surface area contributed by atoms with Crippen molar-refractivity contribution in [2.75, 3.05) is 0 Å². The van der Waals surface area contributed by atoms with E-state index in [9.17, 15) is 15.0 Å². The summed E-state index contributed by atoms with van der Waals surface area (Å²) in [4.78, 5) is 23.6. The number of nitriles is 1. The van der Waals surface area contributed by atoms with Crippen molar-refractivity contribution in [3.05, 3.63) is 141 Å². The first-order valence-electron chi connectivity index (χ1n) is 14.1. The molecule has 8 heteroatoms. The number of nitrogens with zero attached hydrogens (tertiary/aromatic N) is 3. The van der Waals surface area contributed by atoms with Gasteiger partial charge >= 0.3 is 5.91 Å². The van der Waals surface area contributed by atoms with E-state index in [2.05, 4.69) is 15.2 Å². The molecule has 0 atom stereocenters. The summed E-state index contributed by atoms with van der Waals surface area (Å²) in [6.45, 7) is 5.74. The third-order valence-electron chi connectivity index (χ3n) is 7.73. The molecule has 0 unspecified atom stereocenters. The lowest BCUT2D eigenvalue weighted by molar-refractivity contribution is 0.100. The van der Waals surface area contributed by atoms with Crippen LogP contribution in [0.15, 0.2) is 107 Å². The number of carbonyl (C=O) groups is 1. The largest absolute Gasteiger partial charge is 0.316 e. The molecule has 1 amide bonds. The second-order valence-electron chi connectivity index (χ2n) is 10.9. The molecule has 6 aromatic rings. The summed E-state index contributed by atoms with van der Waals surface area (Å²) in [5.74, 6) is -1.23. The lowest BCUT2D eigenvalue weighted by atomic mass is 9.92. The predicted molar refractivity (Wildman–Crippen MR) is 180 cm³/mol. The van der Waals surface area contributed by atoms with E-state index in [1.54, 1.807) is 25.1 Å². The molecule has 0 bridgehead atoms. The van der Waals surface area contributed by atoms with Gasteiger partial charge in [0, 0.05) is 48.3 Å². The van der Waals surface area contributed by atoms with Gasteiger partial charge in [-0.3, -0.25) is 8.77 Å². The van der Waals surface area contributed by atoms with Crippen LogP contribution in [-0.2, 0) is 0 Å². The molecule has 0 aliphatic rings. The summed E-state index contributed by atoms with van der Waals surface area (Å²) in [7, 11) is 0. The van der Waals surface area contributed by atoms with Gasteiger partial charge in [0.1, 0.15) is 5.82 Å². The number of aromatic nitrogens is 1. The summed E-state index contributed by atoms with van der Waals surface area (Å²) in [5.41, 5.74) is 8.48.